The zero-order valence-corrected chi connectivity index (χ0v) is 13.1. The van der Waals surface area contributed by atoms with E-state index in [1.54, 1.807) is 6.07 Å². The van der Waals surface area contributed by atoms with E-state index in [0.717, 1.165) is 12.0 Å². The molecule has 1 aliphatic heterocycles. The highest BCUT2D eigenvalue weighted by molar-refractivity contribution is 6.10. The summed E-state index contributed by atoms with van der Waals surface area (Å²) in [6, 6.07) is 7.26. The minimum absolute atomic E-state index is 0.00259. The molecule has 0 aromatic heterocycles. The fourth-order valence-electron chi connectivity index (χ4n) is 2.32. The zero-order valence-electron chi connectivity index (χ0n) is 13.1. The summed E-state index contributed by atoms with van der Waals surface area (Å²) in [6.45, 7) is 9.00. The Bertz CT molecular complexity index is 546. The van der Waals surface area contributed by atoms with E-state index in [4.69, 9.17) is 4.74 Å². The van der Waals surface area contributed by atoms with Crippen LogP contribution in [0.25, 0.3) is 5.70 Å². The van der Waals surface area contributed by atoms with Crippen LogP contribution in [-0.4, -0.2) is 42.5 Å². The second-order valence-corrected chi connectivity index (χ2v) is 5.51. The lowest BCUT2D eigenvalue weighted by Crippen LogP contribution is -2.37. The van der Waals surface area contributed by atoms with Crippen LogP contribution in [0, 0.1) is 0 Å². The van der Waals surface area contributed by atoms with Crippen LogP contribution >= 0.6 is 0 Å². The second kappa shape index (κ2) is 7.22. The number of carbonyl (C=O) groups excluding carboxylic acids is 2. The molecule has 22 heavy (non-hydrogen) atoms. The molecule has 5 nitrogen and oxygen atoms in total. The van der Waals surface area contributed by atoms with Crippen molar-refractivity contribution < 1.29 is 14.3 Å². The van der Waals surface area contributed by atoms with Crippen molar-refractivity contribution in [3.8, 4) is 0 Å². The molecule has 2 amide bonds. The lowest BCUT2D eigenvalue weighted by molar-refractivity contribution is -0.121. The molecule has 0 unspecified atom stereocenters. The van der Waals surface area contributed by atoms with Gasteiger partial charge in [-0.15, -0.1) is 0 Å². The average Bonchev–Trinajstić information content (AvgIpc) is 2.72. The van der Waals surface area contributed by atoms with Crippen molar-refractivity contribution in [2.45, 2.75) is 26.4 Å². The van der Waals surface area contributed by atoms with Gasteiger partial charge in [0.1, 0.15) is 6.54 Å². The third-order valence-electron chi connectivity index (χ3n) is 3.44. The second-order valence-electron chi connectivity index (χ2n) is 5.51. The topological polar surface area (TPSA) is 58.6 Å². The summed E-state index contributed by atoms with van der Waals surface area (Å²) in [5.41, 5.74) is 1.98. The Morgan fingerprint density at radius 3 is 2.64 bits per heavy atom. The fourth-order valence-corrected chi connectivity index (χ4v) is 2.32. The monoisotopic (exact) mass is 302 g/mol. The molecular weight excluding hydrogens is 280 g/mol. The number of nitrogens with zero attached hydrogens (tertiary/aromatic N) is 1. The first kappa shape index (κ1) is 16.2. The fraction of sp³-hybridized carbons (Fsp3) is 0.412. The van der Waals surface area contributed by atoms with Gasteiger partial charge in [-0.05, 0) is 26.3 Å². The molecule has 118 valence electrons. The van der Waals surface area contributed by atoms with Gasteiger partial charge in [-0.2, -0.15) is 0 Å². The van der Waals surface area contributed by atoms with E-state index in [2.05, 4.69) is 11.9 Å². The number of carbonyl (C=O) groups is 2. The highest BCUT2D eigenvalue weighted by Crippen LogP contribution is 2.30. The van der Waals surface area contributed by atoms with Crippen LogP contribution < -0.4 is 5.32 Å². The number of benzene rings is 1. The maximum atomic E-state index is 12.3. The van der Waals surface area contributed by atoms with Crippen molar-refractivity contribution in [3.05, 3.63) is 42.0 Å². The van der Waals surface area contributed by atoms with Crippen LogP contribution in [-0.2, 0) is 9.53 Å². The molecule has 0 bridgehead atoms. The lowest BCUT2D eigenvalue weighted by Gasteiger charge is -2.17. The Kier molecular flexibility index (Phi) is 5.33. The van der Waals surface area contributed by atoms with Gasteiger partial charge >= 0.3 is 0 Å². The normalized spacial score (nSPS) is 13.7. The van der Waals surface area contributed by atoms with Crippen LogP contribution in [0.2, 0.25) is 0 Å². The number of fused-ring (bicyclic) bond motifs is 1. The van der Waals surface area contributed by atoms with E-state index in [1.165, 1.54) is 4.90 Å². The standard InChI is InChI=1S/C17H22N2O3/c1-12(2)22-10-6-9-18-16(20)11-19-13(3)14-7-4-5-8-15(14)17(19)21/h4-5,7-8,12H,3,6,9-11H2,1-2H3,(H,18,20). The molecule has 5 heteroatoms. The molecule has 1 heterocycles. The van der Waals surface area contributed by atoms with E-state index in [9.17, 15) is 9.59 Å². The van der Waals surface area contributed by atoms with Gasteiger partial charge in [-0.1, -0.05) is 24.8 Å². The first-order chi connectivity index (χ1) is 10.5. The van der Waals surface area contributed by atoms with Gasteiger partial charge in [0.15, 0.2) is 0 Å². The zero-order chi connectivity index (χ0) is 16.1. The van der Waals surface area contributed by atoms with Crippen LogP contribution in [0.1, 0.15) is 36.2 Å². The summed E-state index contributed by atoms with van der Waals surface area (Å²) in [4.78, 5) is 25.6. The molecular formula is C17H22N2O3. The average molecular weight is 302 g/mol. The molecule has 1 aromatic carbocycles. The van der Waals surface area contributed by atoms with Gasteiger partial charge < -0.3 is 10.1 Å². The molecule has 0 saturated heterocycles. The summed E-state index contributed by atoms with van der Waals surface area (Å²) >= 11 is 0. The Balaban J connectivity index is 1.81. The van der Waals surface area contributed by atoms with Crippen molar-refractivity contribution in [2.24, 2.45) is 0 Å². The number of nitrogens with one attached hydrogen (secondary N) is 1. The molecule has 0 spiro atoms. The predicted octanol–water partition coefficient (Wildman–Crippen LogP) is 2.04. The van der Waals surface area contributed by atoms with Gasteiger partial charge in [0, 0.05) is 30.0 Å². The first-order valence-corrected chi connectivity index (χ1v) is 7.49. The van der Waals surface area contributed by atoms with Gasteiger partial charge in [0.25, 0.3) is 5.91 Å². The summed E-state index contributed by atoms with van der Waals surface area (Å²) < 4.78 is 5.40. The largest absolute Gasteiger partial charge is 0.379 e. The number of ether oxygens (including phenoxy) is 1. The molecule has 1 aromatic rings. The van der Waals surface area contributed by atoms with Crippen LogP contribution in [0.5, 0.6) is 0 Å². The Hall–Kier alpha value is -2.14. The third kappa shape index (κ3) is 3.74. The van der Waals surface area contributed by atoms with Crippen LogP contribution in [0.4, 0.5) is 0 Å². The number of hydrogen-bond acceptors (Lipinski definition) is 3. The highest BCUT2D eigenvalue weighted by atomic mass is 16.5. The molecule has 0 aliphatic carbocycles. The van der Waals surface area contributed by atoms with Gasteiger partial charge in [0.05, 0.1) is 6.10 Å². The Morgan fingerprint density at radius 1 is 1.32 bits per heavy atom. The molecule has 0 fully saturated rings. The summed E-state index contributed by atoms with van der Waals surface area (Å²) in [5.74, 6) is -0.356. The van der Waals surface area contributed by atoms with Crippen molar-refractivity contribution in [1.29, 1.82) is 0 Å². The van der Waals surface area contributed by atoms with E-state index in [-0.39, 0.29) is 24.5 Å². The van der Waals surface area contributed by atoms with Crippen molar-refractivity contribution >= 4 is 17.5 Å². The van der Waals surface area contributed by atoms with Gasteiger partial charge in [-0.25, -0.2) is 0 Å². The molecule has 1 aliphatic rings. The highest BCUT2D eigenvalue weighted by Gasteiger charge is 2.31. The maximum Gasteiger partial charge on any atom is 0.259 e. The maximum absolute atomic E-state index is 12.3. The van der Waals surface area contributed by atoms with Gasteiger partial charge in [0.2, 0.25) is 5.91 Å². The predicted molar refractivity (Wildman–Crippen MR) is 85.2 cm³/mol. The third-order valence-corrected chi connectivity index (χ3v) is 3.44. The van der Waals surface area contributed by atoms with Crippen molar-refractivity contribution in [1.82, 2.24) is 10.2 Å². The number of amides is 2. The summed E-state index contributed by atoms with van der Waals surface area (Å²) in [6.07, 6.45) is 0.943. The first-order valence-electron chi connectivity index (χ1n) is 7.49. The van der Waals surface area contributed by atoms with E-state index < -0.39 is 0 Å². The smallest absolute Gasteiger partial charge is 0.259 e. The van der Waals surface area contributed by atoms with E-state index in [0.29, 0.717) is 24.4 Å². The molecule has 0 radical (unpaired) electrons. The Morgan fingerprint density at radius 2 is 2.00 bits per heavy atom. The number of rotatable bonds is 7. The minimum atomic E-state index is -0.188. The Labute approximate surface area is 130 Å². The van der Waals surface area contributed by atoms with E-state index >= 15 is 0 Å². The molecule has 0 atom stereocenters. The van der Waals surface area contributed by atoms with E-state index in [1.807, 2.05) is 32.0 Å². The SMILES string of the molecule is C=C1c2ccccc2C(=O)N1CC(=O)NCCCOC(C)C. The summed E-state index contributed by atoms with van der Waals surface area (Å²) in [7, 11) is 0. The summed E-state index contributed by atoms with van der Waals surface area (Å²) in [5, 5.41) is 2.80. The molecule has 0 saturated carbocycles. The quantitative estimate of drug-likeness (QED) is 0.784. The van der Waals surface area contributed by atoms with Crippen molar-refractivity contribution in [3.63, 3.8) is 0 Å². The van der Waals surface area contributed by atoms with Gasteiger partial charge in [-0.3, -0.25) is 14.5 Å². The van der Waals surface area contributed by atoms with Crippen molar-refractivity contribution in [2.75, 3.05) is 19.7 Å². The minimum Gasteiger partial charge on any atom is -0.379 e. The lowest BCUT2D eigenvalue weighted by atomic mass is 10.1. The van der Waals surface area contributed by atoms with Crippen LogP contribution in [0.3, 0.4) is 0 Å². The molecule has 2 rings (SSSR count). The molecule has 1 N–H and O–H groups in total. The van der Waals surface area contributed by atoms with Crippen LogP contribution in [0.15, 0.2) is 30.8 Å². The number of hydrogen-bond donors (Lipinski definition) is 1.